The van der Waals surface area contributed by atoms with Crippen LogP contribution in [0.15, 0.2) is 59.5 Å². The van der Waals surface area contributed by atoms with Crippen LogP contribution in [0.3, 0.4) is 0 Å². The third-order valence-corrected chi connectivity index (χ3v) is 5.58. The highest BCUT2D eigenvalue weighted by molar-refractivity contribution is 7.99. The van der Waals surface area contributed by atoms with Crippen LogP contribution in [0.5, 0.6) is 0 Å². The zero-order valence-corrected chi connectivity index (χ0v) is 15.8. The van der Waals surface area contributed by atoms with Crippen LogP contribution in [0.2, 0.25) is 0 Å². The van der Waals surface area contributed by atoms with Gasteiger partial charge < -0.3 is 10.2 Å². The maximum absolute atomic E-state index is 12.6. The number of carbonyl (C=O) groups is 2. The first-order valence-electron chi connectivity index (χ1n) is 9.03. The molecule has 0 bridgehead atoms. The Kier molecular flexibility index (Phi) is 6.34. The topological polar surface area (TPSA) is 49.4 Å². The average molecular weight is 369 g/mol. The fraction of sp³-hybridized carbons (Fsp3) is 0.333. The van der Waals surface area contributed by atoms with Crippen LogP contribution >= 0.6 is 11.8 Å². The number of thioether (sulfide) groups is 1. The molecule has 0 aliphatic carbocycles. The zero-order valence-electron chi connectivity index (χ0n) is 15.0. The van der Waals surface area contributed by atoms with E-state index in [-0.39, 0.29) is 24.4 Å². The number of nitrogens with one attached hydrogen (secondary N) is 1. The molecular weight excluding hydrogens is 344 g/mol. The van der Waals surface area contributed by atoms with Crippen molar-refractivity contribution >= 4 is 29.3 Å². The fourth-order valence-electron chi connectivity index (χ4n) is 3.11. The predicted molar refractivity (Wildman–Crippen MR) is 107 cm³/mol. The number of amides is 2. The molecule has 4 nitrogen and oxygen atoms in total. The van der Waals surface area contributed by atoms with Crippen molar-refractivity contribution < 1.29 is 9.59 Å². The van der Waals surface area contributed by atoms with E-state index in [4.69, 9.17) is 0 Å². The van der Waals surface area contributed by atoms with Crippen molar-refractivity contribution in [1.29, 1.82) is 0 Å². The summed E-state index contributed by atoms with van der Waals surface area (Å²) in [6.07, 6.45) is 2.10. The molecule has 136 valence electrons. The lowest BCUT2D eigenvalue weighted by Gasteiger charge is -2.24. The summed E-state index contributed by atoms with van der Waals surface area (Å²) in [7, 11) is 0. The first-order valence-corrected chi connectivity index (χ1v) is 10.0. The Hall–Kier alpha value is -2.27. The van der Waals surface area contributed by atoms with Gasteiger partial charge in [-0.2, -0.15) is 0 Å². The molecule has 5 heteroatoms. The summed E-state index contributed by atoms with van der Waals surface area (Å²) in [6, 6.07) is 18.0. The van der Waals surface area contributed by atoms with Gasteiger partial charge in [-0.05, 0) is 30.5 Å². The van der Waals surface area contributed by atoms with Crippen LogP contribution in [0, 0.1) is 0 Å². The summed E-state index contributed by atoms with van der Waals surface area (Å²) in [6.45, 7) is 2.14. The number of nitrogens with zero attached hydrogens (tertiary/aromatic N) is 1. The first-order chi connectivity index (χ1) is 12.7. The van der Waals surface area contributed by atoms with Crippen LogP contribution in [0.4, 0.5) is 5.69 Å². The summed E-state index contributed by atoms with van der Waals surface area (Å²) in [4.78, 5) is 27.8. The molecule has 2 aromatic carbocycles. The second-order valence-corrected chi connectivity index (χ2v) is 7.55. The highest BCUT2D eigenvalue weighted by Gasteiger charge is 2.25. The third kappa shape index (κ3) is 4.67. The Bertz CT molecular complexity index is 764. The highest BCUT2D eigenvalue weighted by atomic mass is 32.2. The Morgan fingerprint density at radius 3 is 2.65 bits per heavy atom. The van der Waals surface area contributed by atoms with Gasteiger partial charge in [0.05, 0.1) is 5.69 Å². The molecule has 1 atom stereocenters. The molecule has 0 fully saturated rings. The van der Waals surface area contributed by atoms with E-state index in [1.54, 1.807) is 16.7 Å². The van der Waals surface area contributed by atoms with Gasteiger partial charge in [0.1, 0.15) is 6.54 Å². The van der Waals surface area contributed by atoms with Crippen molar-refractivity contribution in [2.75, 3.05) is 17.2 Å². The Balaban J connectivity index is 1.67. The van der Waals surface area contributed by atoms with E-state index in [2.05, 4.69) is 24.4 Å². The van der Waals surface area contributed by atoms with Crippen molar-refractivity contribution in [3.8, 4) is 0 Å². The Morgan fingerprint density at radius 1 is 1.15 bits per heavy atom. The zero-order chi connectivity index (χ0) is 18.4. The van der Waals surface area contributed by atoms with Gasteiger partial charge in [0.15, 0.2) is 0 Å². The SMILES string of the molecule is CC[C@@H](Cc1ccccc1)NC(=O)CN1C(=O)CCSc2ccccc21. The molecule has 0 spiro atoms. The second kappa shape index (κ2) is 8.90. The molecule has 0 saturated carbocycles. The molecular formula is C21H24N2O2S. The minimum atomic E-state index is -0.108. The molecule has 2 aromatic rings. The Labute approximate surface area is 159 Å². The summed E-state index contributed by atoms with van der Waals surface area (Å²) < 4.78 is 0. The van der Waals surface area contributed by atoms with Gasteiger partial charge in [0.25, 0.3) is 0 Å². The lowest BCUT2D eigenvalue weighted by Crippen LogP contribution is -2.44. The molecule has 1 aliphatic heterocycles. The maximum Gasteiger partial charge on any atom is 0.240 e. The second-order valence-electron chi connectivity index (χ2n) is 6.41. The number of para-hydroxylation sites is 1. The molecule has 0 aromatic heterocycles. The summed E-state index contributed by atoms with van der Waals surface area (Å²) in [5.74, 6) is 0.649. The lowest BCUT2D eigenvalue weighted by atomic mass is 10.0. The van der Waals surface area contributed by atoms with E-state index < -0.39 is 0 Å². The van der Waals surface area contributed by atoms with Crippen LogP contribution < -0.4 is 10.2 Å². The van der Waals surface area contributed by atoms with Crippen LogP contribution in [0.1, 0.15) is 25.3 Å². The quantitative estimate of drug-likeness (QED) is 0.847. The van der Waals surface area contributed by atoms with Crippen molar-refractivity contribution in [1.82, 2.24) is 5.32 Å². The third-order valence-electron chi connectivity index (χ3n) is 4.52. The standard InChI is InChI=1S/C21H24N2O2S/c1-2-17(14-16-8-4-3-5-9-16)22-20(24)15-23-18-10-6-7-11-19(18)26-13-12-21(23)25/h3-11,17H,2,12-15H2,1H3,(H,22,24)/t17-/m0/s1. The monoisotopic (exact) mass is 368 g/mol. The maximum atomic E-state index is 12.6. The van der Waals surface area contributed by atoms with Gasteiger partial charge in [-0.3, -0.25) is 9.59 Å². The predicted octanol–water partition coefficient (Wildman–Crippen LogP) is 3.65. The summed E-state index contributed by atoms with van der Waals surface area (Å²) >= 11 is 1.67. The van der Waals surface area contributed by atoms with Crippen molar-refractivity contribution in [2.24, 2.45) is 0 Å². The molecule has 0 saturated heterocycles. The van der Waals surface area contributed by atoms with E-state index in [0.29, 0.717) is 6.42 Å². The number of rotatable bonds is 6. The van der Waals surface area contributed by atoms with Gasteiger partial charge in [-0.15, -0.1) is 11.8 Å². The number of fused-ring (bicyclic) bond motifs is 1. The van der Waals surface area contributed by atoms with E-state index >= 15 is 0 Å². The van der Waals surface area contributed by atoms with E-state index in [1.807, 2.05) is 42.5 Å². The van der Waals surface area contributed by atoms with Crippen LogP contribution in [0.25, 0.3) is 0 Å². The molecule has 3 rings (SSSR count). The lowest BCUT2D eigenvalue weighted by molar-refractivity contribution is -0.124. The molecule has 0 radical (unpaired) electrons. The Morgan fingerprint density at radius 2 is 1.88 bits per heavy atom. The minimum Gasteiger partial charge on any atom is -0.351 e. The van der Waals surface area contributed by atoms with Crippen molar-refractivity contribution in [3.63, 3.8) is 0 Å². The van der Waals surface area contributed by atoms with E-state index in [0.717, 1.165) is 29.2 Å². The minimum absolute atomic E-state index is 0.00806. The molecule has 0 unspecified atom stereocenters. The molecule has 1 N–H and O–H groups in total. The first kappa shape index (κ1) is 18.5. The summed E-state index contributed by atoms with van der Waals surface area (Å²) in [5, 5.41) is 3.09. The molecule has 1 heterocycles. The number of anilines is 1. The largest absolute Gasteiger partial charge is 0.351 e. The molecule has 1 aliphatic rings. The van der Waals surface area contributed by atoms with Gasteiger partial charge >= 0.3 is 0 Å². The molecule has 2 amide bonds. The number of carbonyl (C=O) groups excluding carboxylic acids is 2. The van der Waals surface area contributed by atoms with Crippen molar-refractivity contribution in [2.45, 2.75) is 37.1 Å². The smallest absolute Gasteiger partial charge is 0.240 e. The van der Waals surface area contributed by atoms with Gasteiger partial charge in [0.2, 0.25) is 11.8 Å². The highest BCUT2D eigenvalue weighted by Crippen LogP contribution is 2.33. The van der Waals surface area contributed by atoms with Gasteiger partial charge in [0, 0.05) is 23.1 Å². The molecule has 26 heavy (non-hydrogen) atoms. The number of hydrogen-bond donors (Lipinski definition) is 1. The number of benzene rings is 2. The van der Waals surface area contributed by atoms with Crippen LogP contribution in [-0.2, 0) is 16.0 Å². The van der Waals surface area contributed by atoms with Crippen LogP contribution in [-0.4, -0.2) is 30.2 Å². The normalized spacial score (nSPS) is 15.1. The van der Waals surface area contributed by atoms with E-state index in [9.17, 15) is 9.59 Å². The fourth-order valence-corrected chi connectivity index (χ4v) is 4.10. The van der Waals surface area contributed by atoms with Gasteiger partial charge in [-0.1, -0.05) is 49.4 Å². The van der Waals surface area contributed by atoms with Crippen molar-refractivity contribution in [3.05, 3.63) is 60.2 Å². The summed E-state index contributed by atoms with van der Waals surface area (Å²) in [5.41, 5.74) is 2.04. The van der Waals surface area contributed by atoms with E-state index in [1.165, 1.54) is 5.56 Å². The van der Waals surface area contributed by atoms with Gasteiger partial charge in [-0.25, -0.2) is 0 Å². The average Bonchev–Trinajstić information content (AvgIpc) is 2.81. The number of hydrogen-bond acceptors (Lipinski definition) is 3.